The molecule has 0 amide bonds. The number of unbranched alkanes of at least 4 members (excludes halogenated alkanes) is 6. The molecule has 0 saturated carbocycles. The Bertz CT molecular complexity index is 933. The van der Waals surface area contributed by atoms with Gasteiger partial charge in [0, 0.05) is 18.1 Å². The Labute approximate surface area is 263 Å². The SMILES string of the molecule is C.C.C#C[Si](C)(C)C.C#Cc1ccc(CCCCCC)cc1Br.CCCCCCc1ccc(I)c(Br)c1. The number of halogens is 3. The number of aryl methyl sites for hydroxylation is 2. The molecule has 2 rings (SSSR count). The maximum atomic E-state index is 5.36. The van der Waals surface area contributed by atoms with E-state index >= 15 is 0 Å². The first kappa shape index (κ1) is 41.0. The summed E-state index contributed by atoms with van der Waals surface area (Å²) in [6.45, 7) is 10.9. The highest BCUT2D eigenvalue weighted by atomic mass is 127. The normalized spacial score (nSPS) is 9.68. The highest BCUT2D eigenvalue weighted by Crippen LogP contribution is 2.21. The van der Waals surface area contributed by atoms with Gasteiger partial charge in [0.2, 0.25) is 0 Å². The predicted molar refractivity (Wildman–Crippen MR) is 190 cm³/mol. The summed E-state index contributed by atoms with van der Waals surface area (Å²) in [5.74, 6) is 2.65. The molecule has 0 aliphatic carbocycles. The lowest BCUT2D eigenvalue weighted by atomic mass is 10.0. The Balaban J connectivity index is -0.000000494. The summed E-state index contributed by atoms with van der Waals surface area (Å²) in [6, 6.07) is 12.9. The lowest BCUT2D eigenvalue weighted by Crippen LogP contribution is -2.15. The molecule has 4 heteroatoms. The van der Waals surface area contributed by atoms with Gasteiger partial charge in [-0.1, -0.05) is 105 Å². The zero-order chi connectivity index (χ0) is 26.7. The average molecular weight is 763 g/mol. The summed E-state index contributed by atoms with van der Waals surface area (Å²) in [7, 11) is -1.10. The predicted octanol–water partition coefficient (Wildman–Crippen LogP) is 12.5. The zero-order valence-electron chi connectivity index (χ0n) is 22.3. The van der Waals surface area contributed by atoms with Gasteiger partial charge >= 0.3 is 0 Å². The minimum absolute atomic E-state index is 0. The fourth-order valence-electron chi connectivity index (χ4n) is 3.04. The third-order valence-electron chi connectivity index (χ3n) is 5.24. The fraction of sp³-hybridized carbons (Fsp3) is 0.515. The number of benzene rings is 2. The van der Waals surface area contributed by atoms with Gasteiger partial charge in [0.15, 0.2) is 0 Å². The first-order chi connectivity index (χ1) is 16.6. The van der Waals surface area contributed by atoms with Gasteiger partial charge in [-0.2, -0.15) is 0 Å². The second-order valence-corrected chi connectivity index (χ2v) is 17.4. The van der Waals surface area contributed by atoms with E-state index in [1.165, 1.54) is 77.0 Å². The molecule has 0 heterocycles. The van der Waals surface area contributed by atoms with Crippen LogP contribution in [0.1, 0.15) is 96.8 Å². The summed E-state index contributed by atoms with van der Waals surface area (Å²) in [4.78, 5) is 0. The van der Waals surface area contributed by atoms with E-state index in [1.54, 1.807) is 0 Å². The van der Waals surface area contributed by atoms with Gasteiger partial charge in [0.25, 0.3) is 0 Å². The number of terminal acetylenes is 2. The molecule has 0 N–H and O–H groups in total. The van der Waals surface area contributed by atoms with Crippen LogP contribution in [0.2, 0.25) is 19.6 Å². The minimum atomic E-state index is -1.10. The van der Waals surface area contributed by atoms with Crippen molar-refractivity contribution in [2.45, 2.75) is 113 Å². The molecule has 37 heavy (non-hydrogen) atoms. The Morgan fingerprint density at radius 1 is 0.730 bits per heavy atom. The Kier molecular flexibility index (Phi) is 27.1. The van der Waals surface area contributed by atoms with Crippen LogP contribution < -0.4 is 0 Å². The summed E-state index contributed by atoms with van der Waals surface area (Å²) in [5.41, 5.74) is 6.50. The molecule has 0 aliphatic heterocycles. The van der Waals surface area contributed by atoms with Crippen molar-refractivity contribution in [2.75, 3.05) is 0 Å². The van der Waals surface area contributed by atoms with Gasteiger partial charge < -0.3 is 0 Å². The van der Waals surface area contributed by atoms with Crippen LogP contribution in [0.3, 0.4) is 0 Å². The Hall–Kier alpha value is -0.533. The summed E-state index contributed by atoms with van der Waals surface area (Å²) in [5, 5.41) is 0. The van der Waals surface area contributed by atoms with E-state index in [0.717, 1.165) is 16.5 Å². The van der Waals surface area contributed by atoms with Crippen LogP contribution in [0.4, 0.5) is 0 Å². The van der Waals surface area contributed by atoms with Gasteiger partial charge in [-0.3, -0.25) is 0 Å². The van der Waals surface area contributed by atoms with Crippen molar-refractivity contribution < 1.29 is 0 Å². The van der Waals surface area contributed by atoms with E-state index < -0.39 is 8.07 Å². The quantitative estimate of drug-likeness (QED) is 0.0979. The van der Waals surface area contributed by atoms with E-state index in [-0.39, 0.29) is 14.9 Å². The third kappa shape index (κ3) is 22.0. The van der Waals surface area contributed by atoms with Crippen LogP contribution in [0.25, 0.3) is 0 Å². The second kappa shape index (κ2) is 24.5. The van der Waals surface area contributed by atoms with E-state index in [2.05, 4.69) is 130 Å². The van der Waals surface area contributed by atoms with Crippen molar-refractivity contribution in [3.05, 3.63) is 65.6 Å². The third-order valence-corrected chi connectivity index (χ3v) is 9.10. The summed E-state index contributed by atoms with van der Waals surface area (Å²) in [6.07, 6.45) is 23.4. The van der Waals surface area contributed by atoms with Crippen molar-refractivity contribution in [1.82, 2.24) is 0 Å². The molecule has 0 aromatic heterocycles. The van der Waals surface area contributed by atoms with Gasteiger partial charge in [-0.05, 0) is 116 Å². The van der Waals surface area contributed by atoms with Crippen LogP contribution >= 0.6 is 54.5 Å². The molecule has 0 atom stereocenters. The summed E-state index contributed by atoms with van der Waals surface area (Å²) >= 11 is 9.39. The fourth-order valence-corrected chi connectivity index (χ4v) is 4.34. The van der Waals surface area contributed by atoms with Crippen molar-refractivity contribution in [1.29, 1.82) is 0 Å². The van der Waals surface area contributed by atoms with Crippen molar-refractivity contribution in [3.63, 3.8) is 0 Å². The molecule has 208 valence electrons. The topological polar surface area (TPSA) is 0 Å². The van der Waals surface area contributed by atoms with E-state index in [0.29, 0.717) is 0 Å². The molecule has 2 aromatic rings. The number of hydrogen-bond donors (Lipinski definition) is 0. The van der Waals surface area contributed by atoms with Gasteiger partial charge in [-0.15, -0.1) is 18.4 Å². The standard InChI is InChI=1S/C14H17Br.C12H16BrI.C5H10Si.2CH4/c1-3-5-6-7-8-12-9-10-13(4-2)14(15)11-12;1-2-3-4-5-6-10-7-8-12(14)11(13)9-10;1-5-6(2,3)4;;/h2,9-11H,3,5-8H2,1H3;7-9H,2-6H2,1H3;1H,2-4H3;2*1H4. The molecule has 0 nitrogen and oxygen atoms in total. The maximum absolute atomic E-state index is 5.36. The van der Waals surface area contributed by atoms with Crippen LogP contribution in [0.15, 0.2) is 45.3 Å². The highest BCUT2D eigenvalue weighted by Gasteiger charge is 2.05. The molecule has 0 unspecified atom stereocenters. The lowest BCUT2D eigenvalue weighted by molar-refractivity contribution is 0.667. The van der Waals surface area contributed by atoms with Crippen molar-refractivity contribution >= 4 is 62.5 Å². The largest absolute Gasteiger partial charge is 0.135 e. The van der Waals surface area contributed by atoms with Gasteiger partial charge in [0.1, 0.15) is 8.07 Å². The van der Waals surface area contributed by atoms with E-state index in [4.69, 9.17) is 12.8 Å². The molecule has 0 bridgehead atoms. The maximum Gasteiger partial charge on any atom is 0.128 e. The number of rotatable bonds is 10. The van der Waals surface area contributed by atoms with Crippen LogP contribution in [0, 0.1) is 27.9 Å². The monoisotopic (exact) mass is 760 g/mol. The average Bonchev–Trinajstić information content (AvgIpc) is 2.82. The highest BCUT2D eigenvalue weighted by molar-refractivity contribution is 14.1. The van der Waals surface area contributed by atoms with Crippen LogP contribution in [-0.2, 0) is 12.8 Å². The molecule has 0 fully saturated rings. The molecule has 0 radical (unpaired) electrons. The molecule has 0 aliphatic rings. The molecular weight excluding hydrogens is 711 g/mol. The second-order valence-electron chi connectivity index (χ2n) is 9.72. The number of hydrogen-bond acceptors (Lipinski definition) is 0. The summed E-state index contributed by atoms with van der Waals surface area (Å²) < 4.78 is 3.56. The minimum Gasteiger partial charge on any atom is -0.135 e. The molecule has 0 saturated heterocycles. The van der Waals surface area contributed by atoms with Crippen molar-refractivity contribution in [3.8, 4) is 24.3 Å². The Morgan fingerprint density at radius 3 is 1.51 bits per heavy atom. The van der Waals surface area contributed by atoms with E-state index in [9.17, 15) is 0 Å². The van der Waals surface area contributed by atoms with Crippen LogP contribution in [-0.4, -0.2) is 8.07 Å². The first-order valence-electron chi connectivity index (χ1n) is 12.7. The molecule has 2 aromatic carbocycles. The molecule has 0 spiro atoms. The van der Waals surface area contributed by atoms with Crippen molar-refractivity contribution in [2.24, 2.45) is 0 Å². The molecular formula is C33H51Br2ISi. The lowest BCUT2D eigenvalue weighted by Gasteiger charge is -2.03. The zero-order valence-corrected chi connectivity index (χ0v) is 28.7. The Morgan fingerprint density at radius 2 is 1.16 bits per heavy atom. The van der Waals surface area contributed by atoms with Crippen LogP contribution in [0.5, 0.6) is 0 Å². The smallest absolute Gasteiger partial charge is 0.128 e. The first-order valence-corrected chi connectivity index (χ1v) is 18.9. The van der Waals surface area contributed by atoms with E-state index in [1.807, 2.05) is 6.07 Å². The van der Waals surface area contributed by atoms with Gasteiger partial charge in [-0.25, -0.2) is 0 Å². The van der Waals surface area contributed by atoms with Gasteiger partial charge in [0.05, 0.1) is 0 Å².